The van der Waals surface area contributed by atoms with Crippen LogP contribution in [0, 0.1) is 5.92 Å². The van der Waals surface area contributed by atoms with Crippen molar-refractivity contribution in [3.8, 4) is 0 Å². The minimum absolute atomic E-state index is 0.229. The molecule has 0 spiro atoms. The molecule has 1 aromatic heterocycles. The first-order chi connectivity index (χ1) is 16.1. The van der Waals surface area contributed by atoms with Gasteiger partial charge < -0.3 is 15.7 Å². The zero-order valence-electron chi connectivity index (χ0n) is 19.8. The van der Waals surface area contributed by atoms with E-state index in [0.29, 0.717) is 19.4 Å². The Bertz CT molecular complexity index is 1060. The summed E-state index contributed by atoms with van der Waals surface area (Å²) >= 11 is 3.45. The molecule has 0 aliphatic carbocycles. The number of fused-ring (bicyclic) bond motifs is 1. The van der Waals surface area contributed by atoms with Gasteiger partial charge in [-0.3, -0.25) is 24.4 Å². The van der Waals surface area contributed by atoms with Gasteiger partial charge in [-0.15, -0.1) is 0 Å². The van der Waals surface area contributed by atoms with Crippen LogP contribution in [0.4, 0.5) is 0 Å². The molecule has 1 saturated heterocycles. The van der Waals surface area contributed by atoms with E-state index in [1.807, 2.05) is 37.3 Å². The number of nitrogens with one attached hydrogen (secondary N) is 3. The van der Waals surface area contributed by atoms with Crippen LogP contribution in [0.5, 0.6) is 0 Å². The fraction of sp³-hybridized carbons (Fsp3) is 0.500. The number of rotatable bonds is 7. The normalized spacial score (nSPS) is 18.9. The van der Waals surface area contributed by atoms with Crippen molar-refractivity contribution in [1.29, 1.82) is 0 Å². The molecule has 3 rings (SSSR count). The van der Waals surface area contributed by atoms with Crippen molar-refractivity contribution in [3.05, 3.63) is 40.5 Å². The molecule has 10 heteroatoms. The molecule has 1 aromatic carbocycles. The minimum Gasteiger partial charge on any atom is -0.383 e. The number of pyridine rings is 1. The number of aromatic nitrogens is 1. The van der Waals surface area contributed by atoms with E-state index in [-0.39, 0.29) is 23.8 Å². The van der Waals surface area contributed by atoms with Crippen molar-refractivity contribution in [2.75, 3.05) is 6.54 Å². The minimum atomic E-state index is -1.19. The van der Waals surface area contributed by atoms with Crippen LogP contribution in [-0.4, -0.2) is 57.6 Å². The molecule has 1 unspecified atom stereocenters. The van der Waals surface area contributed by atoms with Crippen LogP contribution in [0.3, 0.4) is 0 Å². The van der Waals surface area contributed by atoms with Crippen molar-refractivity contribution < 1.29 is 19.5 Å². The fourth-order valence-electron chi connectivity index (χ4n) is 3.77. The molecule has 1 aliphatic heterocycles. The second kappa shape index (κ2) is 11.2. The molecule has 1 aliphatic rings. The van der Waals surface area contributed by atoms with Crippen molar-refractivity contribution in [3.63, 3.8) is 0 Å². The summed E-state index contributed by atoms with van der Waals surface area (Å²) in [6, 6.07) is 7.98. The van der Waals surface area contributed by atoms with Crippen LogP contribution >= 0.6 is 15.9 Å². The Morgan fingerprint density at radius 1 is 1.15 bits per heavy atom. The molecule has 0 bridgehead atoms. The smallest absolute Gasteiger partial charge is 0.258 e. The van der Waals surface area contributed by atoms with Gasteiger partial charge in [0.15, 0.2) is 0 Å². The number of carbonyl (C=O) groups excluding carboxylic acids is 3. The van der Waals surface area contributed by atoms with E-state index in [0.717, 1.165) is 21.1 Å². The Labute approximate surface area is 207 Å². The van der Waals surface area contributed by atoms with E-state index in [2.05, 4.69) is 37.0 Å². The van der Waals surface area contributed by atoms with Crippen LogP contribution in [0.2, 0.25) is 0 Å². The molecular formula is C24H32BrN5O4. The number of hydrogen-bond acceptors (Lipinski definition) is 6. The van der Waals surface area contributed by atoms with Gasteiger partial charge in [0.25, 0.3) is 5.91 Å². The summed E-state index contributed by atoms with van der Waals surface area (Å²) in [4.78, 5) is 42.5. The molecule has 2 aromatic rings. The van der Waals surface area contributed by atoms with E-state index in [1.54, 1.807) is 20.8 Å². The van der Waals surface area contributed by atoms with Gasteiger partial charge in [-0.05, 0) is 50.8 Å². The maximum absolute atomic E-state index is 12.9. The van der Waals surface area contributed by atoms with Gasteiger partial charge in [0.1, 0.15) is 18.2 Å². The molecule has 3 amide bonds. The first-order valence-electron chi connectivity index (χ1n) is 11.5. The third-order valence-electron chi connectivity index (χ3n) is 5.88. The van der Waals surface area contributed by atoms with Crippen molar-refractivity contribution >= 4 is 44.6 Å². The molecule has 34 heavy (non-hydrogen) atoms. The summed E-state index contributed by atoms with van der Waals surface area (Å²) in [5, 5.41) is 17.8. The lowest BCUT2D eigenvalue weighted by Gasteiger charge is -2.35. The van der Waals surface area contributed by atoms with E-state index in [1.165, 1.54) is 5.01 Å². The highest BCUT2D eigenvalue weighted by Gasteiger charge is 2.32. The Kier molecular flexibility index (Phi) is 8.62. The summed E-state index contributed by atoms with van der Waals surface area (Å²) < 4.78 is 0.932. The van der Waals surface area contributed by atoms with E-state index in [4.69, 9.17) is 0 Å². The highest BCUT2D eigenvalue weighted by Crippen LogP contribution is 2.21. The third-order valence-corrected chi connectivity index (χ3v) is 6.37. The average Bonchev–Trinajstić information content (AvgIpc) is 2.82. The molecular weight excluding hydrogens is 502 g/mol. The van der Waals surface area contributed by atoms with Crippen molar-refractivity contribution in [2.24, 2.45) is 5.92 Å². The predicted molar refractivity (Wildman–Crippen MR) is 132 cm³/mol. The largest absolute Gasteiger partial charge is 0.383 e. The maximum Gasteiger partial charge on any atom is 0.258 e. The summed E-state index contributed by atoms with van der Waals surface area (Å²) in [7, 11) is 0. The third kappa shape index (κ3) is 6.31. The van der Waals surface area contributed by atoms with Gasteiger partial charge in [-0.2, -0.15) is 0 Å². The van der Waals surface area contributed by atoms with Crippen LogP contribution in [-0.2, 0) is 14.4 Å². The number of aliphatic hydroxyl groups is 1. The predicted octanol–water partition coefficient (Wildman–Crippen LogP) is 2.19. The van der Waals surface area contributed by atoms with Crippen molar-refractivity contribution in [1.82, 2.24) is 26.1 Å². The van der Waals surface area contributed by atoms with Crippen LogP contribution < -0.4 is 16.1 Å². The number of amides is 3. The average molecular weight is 534 g/mol. The monoisotopic (exact) mass is 533 g/mol. The van der Waals surface area contributed by atoms with Crippen LogP contribution in [0.25, 0.3) is 10.9 Å². The quantitative estimate of drug-likeness (QED) is 0.432. The standard InChI is InChI=1S/C24H32BrN5O4/c1-13(2)21(31)23(33)27-15(4)24(34)30-11-5-6-19(29-30)22(32)26-14(3)18-10-8-16-7-9-17(25)12-20(16)28-18/h7-10,12-15,19,21,29,31H,5-6,11H2,1-4H3,(H,26,32)(H,27,33)/t14-,15?,19+,21+/m1/s1. The topological polar surface area (TPSA) is 124 Å². The fourth-order valence-corrected chi connectivity index (χ4v) is 4.12. The van der Waals surface area contributed by atoms with Gasteiger partial charge in [0.2, 0.25) is 11.8 Å². The lowest BCUT2D eigenvalue weighted by molar-refractivity contribution is -0.144. The molecule has 4 atom stereocenters. The van der Waals surface area contributed by atoms with E-state index in [9.17, 15) is 19.5 Å². The molecule has 184 valence electrons. The van der Waals surface area contributed by atoms with Crippen LogP contribution in [0.1, 0.15) is 52.3 Å². The molecule has 1 fully saturated rings. The van der Waals surface area contributed by atoms with Gasteiger partial charge in [-0.1, -0.05) is 41.9 Å². The first kappa shape index (κ1) is 26.1. The first-order valence-corrected chi connectivity index (χ1v) is 12.3. The summed E-state index contributed by atoms with van der Waals surface area (Å²) in [6.07, 6.45) is 0.0325. The lowest BCUT2D eigenvalue weighted by atomic mass is 10.1. The van der Waals surface area contributed by atoms with Gasteiger partial charge in [0.05, 0.1) is 17.3 Å². The van der Waals surface area contributed by atoms with Gasteiger partial charge in [-0.25, -0.2) is 5.43 Å². The summed E-state index contributed by atoms with van der Waals surface area (Å²) in [5.41, 5.74) is 4.56. The Balaban J connectivity index is 1.59. The SMILES string of the molecule is CC(NC(=O)[C@@H](O)C(C)C)C(=O)N1CCC[C@@H](C(=O)N[C@H](C)c2ccc3ccc(Br)cc3n2)N1. The highest BCUT2D eigenvalue weighted by molar-refractivity contribution is 9.10. The number of aliphatic hydroxyl groups excluding tert-OH is 1. The lowest BCUT2D eigenvalue weighted by Crippen LogP contribution is -2.61. The molecule has 4 N–H and O–H groups in total. The summed E-state index contributed by atoms with van der Waals surface area (Å²) in [6.45, 7) is 7.29. The van der Waals surface area contributed by atoms with Crippen LogP contribution in [0.15, 0.2) is 34.8 Å². The Morgan fingerprint density at radius 3 is 2.56 bits per heavy atom. The van der Waals surface area contributed by atoms with Crippen molar-refractivity contribution in [2.45, 2.75) is 64.8 Å². The highest BCUT2D eigenvalue weighted by atomic mass is 79.9. The number of nitrogens with zero attached hydrogens (tertiary/aromatic N) is 2. The second-order valence-corrected chi connectivity index (χ2v) is 9.95. The maximum atomic E-state index is 12.9. The van der Waals surface area contributed by atoms with Gasteiger partial charge >= 0.3 is 0 Å². The molecule has 0 radical (unpaired) electrons. The van der Waals surface area contributed by atoms with E-state index >= 15 is 0 Å². The number of benzene rings is 1. The molecule has 0 saturated carbocycles. The second-order valence-electron chi connectivity index (χ2n) is 9.04. The summed E-state index contributed by atoms with van der Waals surface area (Å²) in [5.74, 6) is -1.44. The number of halogens is 1. The Hall–Kier alpha value is -2.56. The Morgan fingerprint density at radius 2 is 1.85 bits per heavy atom. The number of hydrazine groups is 1. The zero-order chi connectivity index (χ0) is 25.0. The zero-order valence-corrected chi connectivity index (χ0v) is 21.4. The molecule has 2 heterocycles. The number of carbonyl (C=O) groups is 3. The number of hydrogen-bond donors (Lipinski definition) is 4. The van der Waals surface area contributed by atoms with Gasteiger partial charge in [0, 0.05) is 16.4 Å². The van der Waals surface area contributed by atoms with E-state index < -0.39 is 24.1 Å². The molecule has 9 nitrogen and oxygen atoms in total.